The Hall–Kier alpha value is -0.730. The third kappa shape index (κ3) is 2.99. The van der Waals surface area contributed by atoms with Crippen molar-refractivity contribution in [2.24, 2.45) is 5.41 Å². The molecular formula is C15H22ClNO. The van der Waals surface area contributed by atoms with Gasteiger partial charge in [-0.3, -0.25) is 0 Å². The van der Waals surface area contributed by atoms with E-state index in [1.807, 2.05) is 18.2 Å². The van der Waals surface area contributed by atoms with Crippen LogP contribution in [0.2, 0.25) is 5.02 Å². The first kappa shape index (κ1) is 13.7. The second-order valence-corrected chi connectivity index (χ2v) is 6.48. The number of nitrogens with zero attached hydrogens (tertiary/aromatic N) is 1. The van der Waals surface area contributed by atoms with Crippen LogP contribution in [0.3, 0.4) is 0 Å². The first-order valence-corrected chi connectivity index (χ1v) is 6.99. The molecule has 3 heteroatoms. The molecule has 0 saturated carbocycles. The SMILES string of the molecule is CC(O)c1ccc(N2CCCC(C)(C)C2)c(Cl)c1. The van der Waals surface area contributed by atoms with E-state index in [0.29, 0.717) is 5.41 Å². The van der Waals surface area contributed by atoms with Gasteiger partial charge in [-0.15, -0.1) is 0 Å². The number of anilines is 1. The summed E-state index contributed by atoms with van der Waals surface area (Å²) in [6.07, 6.45) is 2.02. The zero-order valence-electron chi connectivity index (χ0n) is 11.4. The van der Waals surface area contributed by atoms with Gasteiger partial charge < -0.3 is 10.0 Å². The van der Waals surface area contributed by atoms with Gasteiger partial charge in [-0.05, 0) is 42.9 Å². The number of hydrogen-bond acceptors (Lipinski definition) is 2. The van der Waals surface area contributed by atoms with E-state index in [4.69, 9.17) is 11.6 Å². The summed E-state index contributed by atoms with van der Waals surface area (Å²) >= 11 is 6.35. The number of halogens is 1. The lowest BCUT2D eigenvalue weighted by Crippen LogP contribution is -2.40. The van der Waals surface area contributed by atoms with E-state index in [-0.39, 0.29) is 0 Å². The van der Waals surface area contributed by atoms with Gasteiger partial charge in [-0.25, -0.2) is 0 Å². The Labute approximate surface area is 115 Å². The Morgan fingerprint density at radius 3 is 2.67 bits per heavy atom. The molecule has 0 radical (unpaired) electrons. The molecule has 0 aliphatic carbocycles. The average Bonchev–Trinajstić information content (AvgIpc) is 2.27. The molecule has 1 saturated heterocycles. The van der Waals surface area contributed by atoms with Crippen LogP contribution in [0.15, 0.2) is 18.2 Å². The molecule has 1 aromatic carbocycles. The van der Waals surface area contributed by atoms with Gasteiger partial charge in [-0.1, -0.05) is 31.5 Å². The number of piperidine rings is 1. The van der Waals surface area contributed by atoms with Gasteiger partial charge >= 0.3 is 0 Å². The fourth-order valence-corrected chi connectivity index (χ4v) is 2.98. The van der Waals surface area contributed by atoms with Crippen molar-refractivity contribution < 1.29 is 5.11 Å². The molecule has 2 nitrogen and oxygen atoms in total. The van der Waals surface area contributed by atoms with E-state index >= 15 is 0 Å². The summed E-state index contributed by atoms with van der Waals surface area (Å²) in [6.45, 7) is 8.47. The largest absolute Gasteiger partial charge is 0.389 e. The van der Waals surface area contributed by atoms with Crippen molar-refractivity contribution in [1.29, 1.82) is 0 Å². The quantitative estimate of drug-likeness (QED) is 0.875. The Morgan fingerprint density at radius 2 is 2.11 bits per heavy atom. The van der Waals surface area contributed by atoms with Gasteiger partial charge in [0.25, 0.3) is 0 Å². The van der Waals surface area contributed by atoms with E-state index < -0.39 is 6.10 Å². The van der Waals surface area contributed by atoms with Gasteiger partial charge in [0.1, 0.15) is 0 Å². The van der Waals surface area contributed by atoms with Crippen LogP contribution in [-0.2, 0) is 0 Å². The monoisotopic (exact) mass is 267 g/mol. The highest BCUT2D eigenvalue weighted by Gasteiger charge is 2.27. The second kappa shape index (κ2) is 5.10. The Bertz CT molecular complexity index is 429. The second-order valence-electron chi connectivity index (χ2n) is 6.08. The highest BCUT2D eigenvalue weighted by Crippen LogP contribution is 2.35. The summed E-state index contributed by atoms with van der Waals surface area (Å²) in [5.41, 5.74) is 2.32. The molecule has 18 heavy (non-hydrogen) atoms. The summed E-state index contributed by atoms with van der Waals surface area (Å²) in [4.78, 5) is 2.36. The molecule has 1 aliphatic heterocycles. The van der Waals surface area contributed by atoms with Crippen molar-refractivity contribution in [2.75, 3.05) is 18.0 Å². The van der Waals surface area contributed by atoms with Gasteiger partial charge in [-0.2, -0.15) is 0 Å². The molecule has 0 bridgehead atoms. The van der Waals surface area contributed by atoms with E-state index in [1.165, 1.54) is 12.8 Å². The molecule has 1 aliphatic rings. The van der Waals surface area contributed by atoms with Gasteiger partial charge in [0, 0.05) is 13.1 Å². The molecule has 1 heterocycles. The van der Waals surface area contributed by atoms with Crippen LogP contribution in [0.4, 0.5) is 5.69 Å². The standard InChI is InChI=1S/C15H22ClNO/c1-11(18)12-5-6-14(13(16)9-12)17-8-4-7-15(2,3)10-17/h5-6,9,11,18H,4,7-8,10H2,1-3H3. The van der Waals surface area contributed by atoms with Gasteiger partial charge in [0.2, 0.25) is 0 Å². The van der Waals surface area contributed by atoms with Gasteiger partial charge in [0.05, 0.1) is 16.8 Å². The average molecular weight is 268 g/mol. The third-order valence-corrected chi connectivity index (χ3v) is 4.00. The van der Waals surface area contributed by atoms with Crippen LogP contribution in [0.25, 0.3) is 0 Å². The lowest BCUT2D eigenvalue weighted by atomic mass is 9.84. The molecule has 1 atom stereocenters. The van der Waals surface area contributed by atoms with Crippen molar-refractivity contribution in [3.8, 4) is 0 Å². The zero-order chi connectivity index (χ0) is 13.3. The molecule has 1 aromatic rings. The molecule has 1 unspecified atom stereocenters. The highest BCUT2D eigenvalue weighted by molar-refractivity contribution is 6.33. The van der Waals surface area contributed by atoms with E-state index in [9.17, 15) is 5.11 Å². The summed E-state index contributed by atoms with van der Waals surface area (Å²) in [7, 11) is 0. The first-order chi connectivity index (χ1) is 8.39. The smallest absolute Gasteiger partial charge is 0.0762 e. The fraction of sp³-hybridized carbons (Fsp3) is 0.600. The van der Waals surface area contributed by atoms with Crippen LogP contribution < -0.4 is 4.90 Å². The third-order valence-electron chi connectivity index (χ3n) is 3.70. The van der Waals surface area contributed by atoms with Crippen LogP contribution in [0.1, 0.15) is 45.3 Å². The van der Waals surface area contributed by atoms with Crippen LogP contribution >= 0.6 is 11.6 Å². The van der Waals surface area contributed by atoms with Crippen LogP contribution in [0, 0.1) is 5.41 Å². The Morgan fingerprint density at radius 1 is 1.39 bits per heavy atom. The zero-order valence-corrected chi connectivity index (χ0v) is 12.2. The van der Waals surface area contributed by atoms with Crippen molar-refractivity contribution in [3.05, 3.63) is 28.8 Å². The first-order valence-electron chi connectivity index (χ1n) is 6.61. The van der Waals surface area contributed by atoms with E-state index in [0.717, 1.165) is 29.4 Å². The Balaban J connectivity index is 2.23. The highest BCUT2D eigenvalue weighted by atomic mass is 35.5. The van der Waals surface area contributed by atoms with Crippen molar-refractivity contribution >= 4 is 17.3 Å². The van der Waals surface area contributed by atoms with E-state index in [2.05, 4.69) is 18.7 Å². The molecule has 0 aromatic heterocycles. The predicted octanol–water partition coefficient (Wildman–Crippen LogP) is 4.02. The summed E-state index contributed by atoms with van der Waals surface area (Å²) in [6, 6.07) is 5.88. The number of rotatable bonds is 2. The lowest BCUT2D eigenvalue weighted by molar-refractivity contribution is 0.199. The van der Waals surface area contributed by atoms with Crippen molar-refractivity contribution in [2.45, 2.75) is 39.7 Å². The molecule has 0 spiro atoms. The minimum absolute atomic E-state index is 0.352. The Kier molecular flexibility index (Phi) is 3.88. The molecule has 0 amide bonds. The molecule has 1 N–H and O–H groups in total. The molecule has 1 fully saturated rings. The topological polar surface area (TPSA) is 23.5 Å². The number of benzene rings is 1. The maximum Gasteiger partial charge on any atom is 0.0762 e. The van der Waals surface area contributed by atoms with E-state index in [1.54, 1.807) is 6.92 Å². The number of hydrogen-bond donors (Lipinski definition) is 1. The lowest BCUT2D eigenvalue weighted by Gasteiger charge is -2.39. The van der Waals surface area contributed by atoms with Crippen LogP contribution in [0.5, 0.6) is 0 Å². The number of aliphatic hydroxyl groups is 1. The summed E-state index contributed by atoms with van der Waals surface area (Å²) in [5.74, 6) is 0. The van der Waals surface area contributed by atoms with Gasteiger partial charge in [0.15, 0.2) is 0 Å². The molecule has 100 valence electrons. The van der Waals surface area contributed by atoms with Crippen LogP contribution in [-0.4, -0.2) is 18.2 Å². The fourth-order valence-electron chi connectivity index (χ4n) is 2.67. The number of aliphatic hydroxyl groups excluding tert-OH is 1. The normalized spacial score (nSPS) is 20.8. The minimum atomic E-state index is -0.464. The summed E-state index contributed by atoms with van der Waals surface area (Å²) in [5, 5.41) is 10.3. The van der Waals surface area contributed by atoms with Crippen molar-refractivity contribution in [1.82, 2.24) is 0 Å². The molecular weight excluding hydrogens is 246 g/mol. The maximum atomic E-state index is 9.56. The maximum absolute atomic E-state index is 9.56. The van der Waals surface area contributed by atoms with Crippen molar-refractivity contribution in [3.63, 3.8) is 0 Å². The minimum Gasteiger partial charge on any atom is -0.389 e. The predicted molar refractivity (Wildman–Crippen MR) is 77.3 cm³/mol. The summed E-state index contributed by atoms with van der Waals surface area (Å²) < 4.78 is 0. The molecule has 2 rings (SSSR count).